The van der Waals surface area contributed by atoms with Gasteiger partial charge in [0.2, 0.25) is 0 Å². The van der Waals surface area contributed by atoms with Crippen LogP contribution in [0.5, 0.6) is 6.01 Å². The zero-order chi connectivity index (χ0) is 23.3. The van der Waals surface area contributed by atoms with Gasteiger partial charge in [0, 0.05) is 38.3 Å². The van der Waals surface area contributed by atoms with Crippen molar-refractivity contribution in [2.45, 2.75) is 84.9 Å². The first kappa shape index (κ1) is 24.5. The highest BCUT2D eigenvalue weighted by molar-refractivity contribution is 5.81. The second kappa shape index (κ2) is 10.7. The number of nitrogens with two attached hydrogens (primary N) is 1. The third-order valence-electron chi connectivity index (χ3n) is 6.31. The number of imidazole rings is 1. The average molecular weight is 448 g/mol. The third-order valence-corrected chi connectivity index (χ3v) is 6.31. The van der Waals surface area contributed by atoms with Gasteiger partial charge in [-0.15, -0.1) is 0 Å². The lowest BCUT2D eigenvalue weighted by atomic mass is 10.0. The van der Waals surface area contributed by atoms with E-state index in [1.807, 2.05) is 6.92 Å². The Hall–Kier alpha value is -2.13. The first-order valence-corrected chi connectivity index (χ1v) is 12.1. The zero-order valence-corrected chi connectivity index (χ0v) is 20.5. The summed E-state index contributed by atoms with van der Waals surface area (Å²) in [6, 6.07) is 0.234. The maximum atomic E-state index is 12.5. The van der Waals surface area contributed by atoms with Crippen molar-refractivity contribution in [3.05, 3.63) is 10.5 Å². The molecule has 1 saturated heterocycles. The minimum absolute atomic E-state index is 0.00114. The Morgan fingerprint density at radius 3 is 2.44 bits per heavy atom. The van der Waals surface area contributed by atoms with Crippen molar-refractivity contribution in [3.8, 4) is 6.01 Å². The van der Waals surface area contributed by atoms with Crippen LogP contribution in [0, 0.1) is 0 Å². The molecular formula is C23H41N7O2. The molecular weight excluding hydrogens is 406 g/mol. The number of ether oxygens (including phenoxy) is 1. The third kappa shape index (κ3) is 6.22. The maximum absolute atomic E-state index is 12.5. The first-order valence-electron chi connectivity index (χ1n) is 12.1. The Kier molecular flexibility index (Phi) is 8.16. The molecule has 2 aromatic rings. The number of nitrogens with one attached hydrogen (secondary N) is 1. The molecule has 3 rings (SSSR count). The minimum atomic E-state index is -0.196. The smallest absolute Gasteiger partial charge is 0.327 e. The number of anilines is 1. The molecule has 1 aliphatic heterocycles. The van der Waals surface area contributed by atoms with E-state index < -0.39 is 0 Å². The molecule has 0 bridgehead atoms. The highest BCUT2D eigenvalue weighted by Crippen LogP contribution is 2.20. The van der Waals surface area contributed by atoms with Crippen molar-refractivity contribution in [3.63, 3.8) is 0 Å². The monoisotopic (exact) mass is 447 g/mol. The van der Waals surface area contributed by atoms with E-state index in [1.54, 1.807) is 4.57 Å². The number of piperazine rings is 1. The molecule has 0 saturated carbocycles. The highest BCUT2D eigenvalue weighted by Gasteiger charge is 2.25. The maximum Gasteiger partial charge on any atom is 0.327 e. The lowest BCUT2D eigenvalue weighted by Gasteiger charge is -2.42. The Balaban J connectivity index is 1.51. The molecule has 9 nitrogen and oxygen atoms in total. The molecule has 0 amide bonds. The highest BCUT2D eigenvalue weighted by atomic mass is 16.5. The number of nitrogens with zero attached hydrogens (tertiary/aromatic N) is 5. The van der Waals surface area contributed by atoms with E-state index in [1.165, 1.54) is 0 Å². The largest absolute Gasteiger partial charge is 0.460 e. The molecule has 0 aliphatic carbocycles. The van der Waals surface area contributed by atoms with Gasteiger partial charge in [0.1, 0.15) is 5.52 Å². The molecule has 0 radical (unpaired) electrons. The van der Waals surface area contributed by atoms with Gasteiger partial charge in [-0.3, -0.25) is 9.47 Å². The molecule has 1 fully saturated rings. The van der Waals surface area contributed by atoms with Crippen LogP contribution in [0.4, 0.5) is 5.82 Å². The average Bonchev–Trinajstić information content (AvgIpc) is 3.03. The molecule has 3 heterocycles. The van der Waals surface area contributed by atoms with Gasteiger partial charge in [-0.05, 0) is 53.5 Å². The van der Waals surface area contributed by atoms with Gasteiger partial charge in [0.15, 0.2) is 11.5 Å². The summed E-state index contributed by atoms with van der Waals surface area (Å²) in [5.41, 5.74) is 7.13. The Bertz CT molecular complexity index is 923. The predicted octanol–water partition coefficient (Wildman–Crippen LogP) is 2.86. The standard InChI is InChI=1S/C23H41N7O2/c1-6-10-17(2)32-21-26-19(24)18-20(27-21)30(22(31)25-18)12-9-7-8-11-28-13-15-29(16-14-28)23(3,4)5/h17H,6-16H2,1-5H3,(H,25,31)(H2,24,26,27)/t17-/m0/s1. The van der Waals surface area contributed by atoms with Crippen molar-refractivity contribution >= 4 is 17.0 Å². The number of aromatic nitrogens is 4. The van der Waals surface area contributed by atoms with E-state index in [0.717, 1.165) is 64.8 Å². The van der Waals surface area contributed by atoms with Crippen molar-refractivity contribution in [2.24, 2.45) is 0 Å². The molecule has 1 aliphatic rings. The Morgan fingerprint density at radius 2 is 1.78 bits per heavy atom. The zero-order valence-electron chi connectivity index (χ0n) is 20.5. The van der Waals surface area contributed by atoms with Gasteiger partial charge >= 0.3 is 11.7 Å². The van der Waals surface area contributed by atoms with Crippen molar-refractivity contribution in [2.75, 3.05) is 38.5 Å². The molecule has 3 N–H and O–H groups in total. The number of hydrogen-bond acceptors (Lipinski definition) is 7. The van der Waals surface area contributed by atoms with Gasteiger partial charge in [0.05, 0.1) is 6.10 Å². The molecule has 0 unspecified atom stereocenters. The number of fused-ring (bicyclic) bond motifs is 1. The molecule has 180 valence electrons. The van der Waals surface area contributed by atoms with Crippen molar-refractivity contribution in [1.82, 2.24) is 29.3 Å². The summed E-state index contributed by atoms with van der Waals surface area (Å²) in [5.74, 6) is 0.249. The van der Waals surface area contributed by atoms with Gasteiger partial charge < -0.3 is 20.4 Å². The summed E-state index contributed by atoms with van der Waals surface area (Å²) in [6.07, 6.45) is 5.04. The van der Waals surface area contributed by atoms with Crippen LogP contribution in [0.1, 0.15) is 66.7 Å². The Morgan fingerprint density at radius 1 is 1.09 bits per heavy atom. The van der Waals surface area contributed by atoms with E-state index in [9.17, 15) is 4.79 Å². The summed E-state index contributed by atoms with van der Waals surface area (Å²) in [4.78, 5) is 29.1. The topological polar surface area (TPSA) is 105 Å². The predicted molar refractivity (Wildman–Crippen MR) is 129 cm³/mol. The second-order valence-corrected chi connectivity index (χ2v) is 9.95. The molecule has 2 aromatic heterocycles. The second-order valence-electron chi connectivity index (χ2n) is 9.95. The lowest BCUT2D eigenvalue weighted by Crippen LogP contribution is -2.53. The van der Waals surface area contributed by atoms with Crippen LogP contribution < -0.4 is 16.2 Å². The van der Waals surface area contributed by atoms with E-state index >= 15 is 0 Å². The minimum Gasteiger partial charge on any atom is -0.460 e. The number of H-pyrrole nitrogens is 1. The lowest BCUT2D eigenvalue weighted by molar-refractivity contribution is 0.0616. The number of aryl methyl sites for hydroxylation is 1. The van der Waals surface area contributed by atoms with Crippen molar-refractivity contribution < 1.29 is 4.74 Å². The summed E-state index contributed by atoms with van der Waals surface area (Å²) < 4.78 is 7.47. The van der Waals surface area contributed by atoms with Gasteiger partial charge in [-0.1, -0.05) is 19.8 Å². The molecule has 32 heavy (non-hydrogen) atoms. The summed E-state index contributed by atoms with van der Waals surface area (Å²) >= 11 is 0. The van der Waals surface area contributed by atoms with Crippen LogP contribution in [0.25, 0.3) is 11.2 Å². The van der Waals surface area contributed by atoms with Crippen LogP contribution in [0.3, 0.4) is 0 Å². The summed E-state index contributed by atoms with van der Waals surface area (Å²) in [6.45, 7) is 17.2. The SMILES string of the molecule is CCC[C@H](C)Oc1nc(N)c2[nH]c(=O)n(CCCCCN3CCN(C(C)(C)C)CC3)c2n1. The van der Waals surface area contributed by atoms with E-state index in [0.29, 0.717) is 17.7 Å². The Labute approximate surface area is 191 Å². The normalized spacial score (nSPS) is 17.2. The van der Waals surface area contributed by atoms with Crippen LogP contribution in [-0.4, -0.2) is 73.7 Å². The molecule has 0 spiro atoms. The van der Waals surface area contributed by atoms with Gasteiger partial charge in [-0.2, -0.15) is 9.97 Å². The fourth-order valence-corrected chi connectivity index (χ4v) is 4.36. The van der Waals surface area contributed by atoms with Gasteiger partial charge in [-0.25, -0.2) is 4.79 Å². The fourth-order valence-electron chi connectivity index (χ4n) is 4.36. The van der Waals surface area contributed by atoms with E-state index in [-0.39, 0.29) is 29.2 Å². The number of nitrogen functional groups attached to an aromatic ring is 1. The molecule has 9 heteroatoms. The van der Waals surface area contributed by atoms with Crippen LogP contribution in [0.15, 0.2) is 4.79 Å². The number of hydrogen-bond donors (Lipinski definition) is 2. The summed E-state index contributed by atoms with van der Waals surface area (Å²) in [5, 5.41) is 0. The quantitative estimate of drug-likeness (QED) is 0.540. The number of aromatic amines is 1. The van der Waals surface area contributed by atoms with E-state index in [4.69, 9.17) is 10.5 Å². The number of rotatable bonds is 10. The number of unbranched alkanes of at least 4 members (excludes halogenated alkanes) is 2. The van der Waals surface area contributed by atoms with Gasteiger partial charge in [0.25, 0.3) is 0 Å². The molecule has 1 atom stereocenters. The summed E-state index contributed by atoms with van der Waals surface area (Å²) in [7, 11) is 0. The van der Waals surface area contributed by atoms with Crippen LogP contribution in [0.2, 0.25) is 0 Å². The fraction of sp³-hybridized carbons (Fsp3) is 0.783. The molecule has 0 aromatic carbocycles. The van der Waals surface area contributed by atoms with Crippen molar-refractivity contribution in [1.29, 1.82) is 0 Å². The van der Waals surface area contributed by atoms with Crippen LogP contribution in [-0.2, 0) is 6.54 Å². The van der Waals surface area contributed by atoms with Crippen LogP contribution >= 0.6 is 0 Å². The first-order chi connectivity index (χ1) is 15.2. The van der Waals surface area contributed by atoms with E-state index in [2.05, 4.69) is 52.4 Å².